The molecule has 0 radical (unpaired) electrons. The van der Waals surface area contributed by atoms with Crippen LogP contribution in [0.1, 0.15) is 33.1 Å². The topological polar surface area (TPSA) is 219 Å². The normalized spacial score (nSPS) is 21.2. The van der Waals surface area contributed by atoms with Gasteiger partial charge in [0, 0.05) is 0 Å². The molecule has 0 spiro atoms. The molecule has 1 heterocycles. The van der Waals surface area contributed by atoms with Crippen molar-refractivity contribution in [1.29, 1.82) is 0 Å². The second-order valence-electron chi connectivity index (χ2n) is 7.34. The number of rotatable bonds is 11. The molecule has 1 aliphatic rings. The lowest BCUT2D eigenvalue weighted by Crippen LogP contribution is -2.76. The van der Waals surface area contributed by atoms with E-state index in [4.69, 9.17) is 17.2 Å². The summed E-state index contributed by atoms with van der Waals surface area (Å²) in [6.07, 6.45) is -1.50. The Hall–Kier alpha value is -2.25. The van der Waals surface area contributed by atoms with E-state index in [1.54, 1.807) is 13.8 Å². The van der Waals surface area contributed by atoms with Crippen LogP contribution in [-0.4, -0.2) is 87.8 Å². The van der Waals surface area contributed by atoms with Crippen LogP contribution in [0, 0.1) is 5.92 Å². The van der Waals surface area contributed by atoms with Crippen LogP contribution in [0.3, 0.4) is 0 Å². The molecule has 0 aromatic carbocycles. The van der Waals surface area contributed by atoms with Gasteiger partial charge < -0.3 is 32.7 Å². The van der Waals surface area contributed by atoms with Crippen LogP contribution in [0.5, 0.6) is 0 Å². The van der Waals surface area contributed by atoms with Crippen molar-refractivity contribution < 1.29 is 34.2 Å². The maximum absolute atomic E-state index is 13.4. The molecule has 5 unspecified atom stereocenters. The van der Waals surface area contributed by atoms with E-state index in [0.29, 0.717) is 19.4 Å². The SMILES string of the molecule is CCC(C)C(N)C(=O)N(C(=O)CN)C(C(=O)O)(C(=O)C1CCCN1)C(O)C(=O)CN. The Labute approximate surface area is 174 Å². The minimum Gasteiger partial charge on any atom is -0.479 e. The lowest BCUT2D eigenvalue weighted by Gasteiger charge is -2.42. The van der Waals surface area contributed by atoms with Crippen molar-refractivity contribution in [3.63, 3.8) is 0 Å². The lowest BCUT2D eigenvalue weighted by molar-refractivity contribution is -0.181. The highest BCUT2D eigenvalue weighted by atomic mass is 16.4. The molecule has 1 aliphatic heterocycles. The lowest BCUT2D eigenvalue weighted by atomic mass is 9.78. The Kier molecular flexibility index (Phi) is 9.18. The molecule has 0 bridgehead atoms. The Morgan fingerprint density at radius 3 is 2.20 bits per heavy atom. The molecule has 30 heavy (non-hydrogen) atoms. The van der Waals surface area contributed by atoms with Gasteiger partial charge in [-0.25, -0.2) is 4.79 Å². The smallest absolute Gasteiger partial charge is 0.341 e. The molecule has 0 aromatic rings. The fraction of sp³-hybridized carbons (Fsp3) is 0.722. The van der Waals surface area contributed by atoms with Gasteiger partial charge in [0.05, 0.1) is 25.2 Å². The molecule has 170 valence electrons. The predicted molar refractivity (Wildman–Crippen MR) is 105 cm³/mol. The highest BCUT2D eigenvalue weighted by Gasteiger charge is 2.64. The number of nitrogens with one attached hydrogen (secondary N) is 1. The zero-order valence-electron chi connectivity index (χ0n) is 17.2. The summed E-state index contributed by atoms with van der Waals surface area (Å²) < 4.78 is 0. The van der Waals surface area contributed by atoms with Crippen LogP contribution in [-0.2, 0) is 24.0 Å². The Morgan fingerprint density at radius 2 is 1.80 bits per heavy atom. The summed E-state index contributed by atoms with van der Waals surface area (Å²) in [7, 11) is 0. The number of ketones is 2. The van der Waals surface area contributed by atoms with Crippen molar-refractivity contribution in [2.75, 3.05) is 19.6 Å². The predicted octanol–water partition coefficient (Wildman–Crippen LogP) is -3.29. The summed E-state index contributed by atoms with van der Waals surface area (Å²) in [5.41, 5.74) is 13.3. The third kappa shape index (κ3) is 4.57. The van der Waals surface area contributed by atoms with Crippen LogP contribution in [0.15, 0.2) is 0 Å². The summed E-state index contributed by atoms with van der Waals surface area (Å²) in [5, 5.41) is 23.5. The maximum atomic E-state index is 13.4. The quantitative estimate of drug-likeness (QED) is 0.179. The van der Waals surface area contributed by atoms with Gasteiger partial charge in [-0.15, -0.1) is 0 Å². The van der Waals surface area contributed by atoms with Gasteiger partial charge in [-0.1, -0.05) is 20.3 Å². The number of nitrogens with zero attached hydrogens (tertiary/aromatic N) is 1. The van der Waals surface area contributed by atoms with Crippen LogP contribution < -0.4 is 22.5 Å². The number of aliphatic hydroxyl groups excluding tert-OH is 1. The summed E-state index contributed by atoms with van der Waals surface area (Å²) in [6.45, 7) is 2.01. The number of carboxylic acids is 1. The van der Waals surface area contributed by atoms with Crippen LogP contribution in [0.25, 0.3) is 0 Å². The largest absolute Gasteiger partial charge is 0.479 e. The van der Waals surface area contributed by atoms with Crippen molar-refractivity contribution >= 4 is 29.4 Å². The third-order valence-electron chi connectivity index (χ3n) is 5.52. The van der Waals surface area contributed by atoms with Crippen molar-refractivity contribution in [2.45, 2.75) is 56.8 Å². The molecule has 0 aromatic heterocycles. The van der Waals surface area contributed by atoms with E-state index in [-0.39, 0.29) is 11.3 Å². The molecule has 9 N–H and O–H groups in total. The molecule has 12 nitrogen and oxygen atoms in total. The van der Waals surface area contributed by atoms with Gasteiger partial charge in [0.2, 0.25) is 17.4 Å². The van der Waals surface area contributed by atoms with Crippen LogP contribution in [0.2, 0.25) is 0 Å². The van der Waals surface area contributed by atoms with Gasteiger partial charge in [-0.05, 0) is 25.3 Å². The zero-order chi connectivity index (χ0) is 23.2. The van der Waals surface area contributed by atoms with E-state index in [1.807, 2.05) is 0 Å². The van der Waals surface area contributed by atoms with Crippen LogP contribution >= 0.6 is 0 Å². The fourth-order valence-corrected chi connectivity index (χ4v) is 3.43. The average molecular weight is 429 g/mol. The number of aliphatic hydroxyl groups is 1. The first-order chi connectivity index (χ1) is 14.0. The van der Waals surface area contributed by atoms with E-state index in [9.17, 15) is 34.2 Å². The number of hydrogen-bond donors (Lipinski definition) is 6. The first kappa shape index (κ1) is 25.8. The number of carboxylic acid groups (broad SMARTS) is 1. The molecule has 2 amide bonds. The fourth-order valence-electron chi connectivity index (χ4n) is 3.43. The van der Waals surface area contributed by atoms with Gasteiger partial charge in [0.1, 0.15) is 0 Å². The molecule has 1 rings (SSSR count). The molecular formula is C18H31N5O7. The van der Waals surface area contributed by atoms with Gasteiger partial charge >= 0.3 is 5.97 Å². The molecule has 0 aliphatic carbocycles. The molecule has 0 saturated carbocycles. The van der Waals surface area contributed by atoms with E-state index >= 15 is 0 Å². The summed E-state index contributed by atoms with van der Waals surface area (Å²) >= 11 is 0. The number of aliphatic carboxylic acids is 1. The molecule has 12 heteroatoms. The standard InChI is InChI=1S/C18H31N5O7/c1-3-9(2)13(21)16(28)23(12(25)8-20)18(17(29)30,15(27)11(24)7-19)14(26)10-5-4-6-22-10/h9-10,13,15,22,27H,3-8,19-21H2,1-2H3,(H,29,30). The van der Waals surface area contributed by atoms with Gasteiger partial charge in [-0.2, -0.15) is 0 Å². The molecule has 1 saturated heterocycles. The molecule has 1 fully saturated rings. The number of imide groups is 1. The minimum absolute atomic E-state index is 0.0622. The number of Topliss-reactive ketones (excluding diaryl/α,β-unsaturated/α-hetero) is 2. The van der Waals surface area contributed by atoms with E-state index < -0.39 is 72.1 Å². The highest BCUT2D eigenvalue weighted by molar-refractivity contribution is 6.20. The minimum atomic E-state index is -3.25. The highest BCUT2D eigenvalue weighted by Crippen LogP contribution is 2.29. The zero-order valence-corrected chi connectivity index (χ0v) is 17.2. The average Bonchev–Trinajstić information content (AvgIpc) is 3.28. The number of amides is 2. The molecular weight excluding hydrogens is 398 g/mol. The van der Waals surface area contributed by atoms with E-state index in [1.165, 1.54) is 0 Å². The Bertz CT molecular complexity index is 694. The summed E-state index contributed by atoms with van der Waals surface area (Å²) in [5.74, 6) is -7.49. The summed E-state index contributed by atoms with van der Waals surface area (Å²) in [6, 6.07) is -2.49. The maximum Gasteiger partial charge on any atom is 0.341 e. The number of hydrogen-bond acceptors (Lipinski definition) is 10. The van der Waals surface area contributed by atoms with Crippen molar-refractivity contribution in [2.24, 2.45) is 23.1 Å². The van der Waals surface area contributed by atoms with Gasteiger partial charge in [0.15, 0.2) is 17.7 Å². The van der Waals surface area contributed by atoms with Crippen molar-refractivity contribution in [3.05, 3.63) is 0 Å². The van der Waals surface area contributed by atoms with Crippen molar-refractivity contribution in [3.8, 4) is 0 Å². The van der Waals surface area contributed by atoms with Gasteiger partial charge in [0.25, 0.3) is 0 Å². The number of nitrogens with two attached hydrogens (primary N) is 3. The second kappa shape index (κ2) is 10.7. The van der Waals surface area contributed by atoms with Crippen molar-refractivity contribution in [1.82, 2.24) is 10.2 Å². The van der Waals surface area contributed by atoms with E-state index in [0.717, 1.165) is 0 Å². The monoisotopic (exact) mass is 429 g/mol. The first-order valence-corrected chi connectivity index (χ1v) is 9.76. The van der Waals surface area contributed by atoms with Crippen LogP contribution in [0.4, 0.5) is 0 Å². The Morgan fingerprint density at radius 1 is 1.20 bits per heavy atom. The number of carbonyl (C=O) groups is 5. The van der Waals surface area contributed by atoms with Gasteiger partial charge in [-0.3, -0.25) is 24.1 Å². The summed E-state index contributed by atoms with van der Waals surface area (Å²) in [4.78, 5) is 64.0. The first-order valence-electron chi connectivity index (χ1n) is 9.76. The Balaban J connectivity index is 3.80. The second-order valence-corrected chi connectivity index (χ2v) is 7.34. The number of carbonyl (C=O) groups excluding carboxylic acids is 4. The molecule has 5 atom stereocenters. The third-order valence-corrected chi connectivity index (χ3v) is 5.52. The van der Waals surface area contributed by atoms with E-state index in [2.05, 4.69) is 5.32 Å².